The van der Waals surface area contributed by atoms with E-state index in [4.69, 9.17) is 0 Å². The van der Waals surface area contributed by atoms with Crippen LogP contribution in [0.1, 0.15) is 49.4 Å². The molecule has 6 aliphatic rings. The van der Waals surface area contributed by atoms with Gasteiger partial charge >= 0.3 is 0 Å². The van der Waals surface area contributed by atoms with Crippen LogP contribution >= 0.6 is 11.3 Å². The molecule has 2 nitrogen and oxygen atoms in total. The highest BCUT2D eigenvalue weighted by Crippen LogP contribution is 2.68. The number of anilines is 6. The normalized spacial score (nSPS) is 15.3. The van der Waals surface area contributed by atoms with Gasteiger partial charge in [-0.2, -0.15) is 0 Å². The van der Waals surface area contributed by atoms with Crippen molar-refractivity contribution in [3.8, 4) is 44.5 Å². The van der Waals surface area contributed by atoms with Crippen LogP contribution in [0.3, 0.4) is 0 Å². The first-order chi connectivity index (χ1) is 35.2. The summed E-state index contributed by atoms with van der Waals surface area (Å²) in [7, 11) is 0. The molecule has 0 unspecified atom stereocenters. The van der Waals surface area contributed by atoms with Gasteiger partial charge in [-0.05, 0) is 138 Å². The van der Waals surface area contributed by atoms with E-state index in [0.29, 0.717) is 0 Å². The van der Waals surface area contributed by atoms with Gasteiger partial charge in [0.15, 0.2) is 0 Å². The zero-order valence-electron chi connectivity index (χ0n) is 38.8. The third-order valence-electron chi connectivity index (χ3n) is 17.1. The van der Waals surface area contributed by atoms with Gasteiger partial charge in [-0.1, -0.05) is 194 Å². The van der Waals surface area contributed by atoms with Crippen LogP contribution in [0.25, 0.3) is 44.5 Å². The highest BCUT2D eigenvalue weighted by Gasteiger charge is 2.58. The number of rotatable bonds is 2. The molecule has 1 aromatic heterocycles. The summed E-state index contributed by atoms with van der Waals surface area (Å²) < 4.78 is 1.40. The van der Waals surface area contributed by atoms with Crippen molar-refractivity contribution in [3.05, 3.63) is 280 Å². The molecule has 0 atom stereocenters. The van der Waals surface area contributed by atoms with Gasteiger partial charge in [0.2, 0.25) is 0 Å². The van der Waals surface area contributed by atoms with Crippen LogP contribution in [0.5, 0.6) is 0 Å². The Morgan fingerprint density at radius 2 is 0.817 bits per heavy atom. The van der Waals surface area contributed by atoms with Crippen LogP contribution in [0, 0.1) is 6.92 Å². The van der Waals surface area contributed by atoms with Crippen molar-refractivity contribution in [2.75, 3.05) is 9.80 Å². The van der Waals surface area contributed by atoms with Crippen LogP contribution < -0.4 is 25.5 Å². The smallest absolute Gasteiger partial charge is 0.264 e. The monoisotopic (exact) mass is 916 g/mol. The van der Waals surface area contributed by atoms with Crippen molar-refractivity contribution in [1.82, 2.24) is 0 Å². The van der Waals surface area contributed by atoms with Crippen LogP contribution in [0.15, 0.2) is 231 Å². The molecule has 0 N–H and O–H groups in total. The standard InChI is InChI=1S/C67H41BN2S/c1-40-34-36-42(37-35-40)70-59-33-17-32-58-62(59)68(65-63(70)61-48-25-10-16-31-55(48)67(64(61)71-65)53-29-14-7-22-45(53)46-23-8-15-30-54(46)67)57-39-56-49(38-60(57)69(58)41-18-3-2-4-19-41)47-24-9-13-28-52(47)66(56)50-26-11-5-20-43(50)44-21-6-12-27-51(44)66/h2-39H,1H3. The summed E-state index contributed by atoms with van der Waals surface area (Å²) in [5, 5.41) is 0. The van der Waals surface area contributed by atoms with Crippen molar-refractivity contribution in [3.63, 3.8) is 0 Å². The number of nitrogens with zero attached hydrogens (tertiary/aromatic N) is 2. The number of benzene rings is 10. The maximum atomic E-state index is 2.68. The molecular formula is C67H41BN2S. The maximum Gasteiger partial charge on any atom is 0.264 e. The van der Waals surface area contributed by atoms with Gasteiger partial charge in [-0.3, -0.25) is 0 Å². The highest BCUT2D eigenvalue weighted by atomic mass is 32.1. The SMILES string of the molecule is Cc1ccc(N2c3cccc4c3B(c3cc5c(cc3N4c3ccccc3)-c3ccccc3C53c4ccccc4-c4ccccc43)c3sc4c(c32)-c2ccccc2C42c3ccccc3-c3ccccc32)cc1. The van der Waals surface area contributed by atoms with E-state index in [0.717, 1.165) is 5.69 Å². The summed E-state index contributed by atoms with van der Waals surface area (Å²) >= 11 is 2.07. The lowest BCUT2D eigenvalue weighted by atomic mass is 9.36. The summed E-state index contributed by atoms with van der Waals surface area (Å²) in [4.78, 5) is 6.64. The van der Waals surface area contributed by atoms with Gasteiger partial charge in [-0.25, -0.2) is 0 Å². The lowest BCUT2D eigenvalue weighted by molar-refractivity contribution is 0.794. The molecule has 2 aliphatic heterocycles. The molecule has 0 amide bonds. The lowest BCUT2D eigenvalue weighted by Crippen LogP contribution is -2.60. The Kier molecular flexibility index (Phi) is 7.28. The Morgan fingerprint density at radius 1 is 0.366 bits per heavy atom. The van der Waals surface area contributed by atoms with E-state index in [9.17, 15) is 0 Å². The summed E-state index contributed by atoms with van der Waals surface area (Å²) in [6, 6.07) is 88.2. The lowest BCUT2D eigenvalue weighted by Gasteiger charge is -2.44. The van der Waals surface area contributed by atoms with E-state index in [1.165, 1.54) is 138 Å². The first-order valence-corrected chi connectivity index (χ1v) is 25.8. The van der Waals surface area contributed by atoms with E-state index in [-0.39, 0.29) is 6.71 Å². The third-order valence-corrected chi connectivity index (χ3v) is 18.5. The fourth-order valence-corrected chi connectivity index (χ4v) is 16.2. The molecule has 0 bridgehead atoms. The number of hydrogen-bond acceptors (Lipinski definition) is 3. The second kappa shape index (κ2) is 13.5. The summed E-state index contributed by atoms with van der Waals surface area (Å²) in [5.74, 6) is 0. The average molecular weight is 917 g/mol. The van der Waals surface area contributed by atoms with Gasteiger partial charge in [0.05, 0.1) is 16.5 Å². The van der Waals surface area contributed by atoms with Crippen molar-refractivity contribution in [2.24, 2.45) is 0 Å². The van der Waals surface area contributed by atoms with Gasteiger partial charge < -0.3 is 9.80 Å². The zero-order valence-corrected chi connectivity index (χ0v) is 39.6. The molecular weight excluding hydrogens is 876 g/mol. The Hall–Kier alpha value is -8.44. The van der Waals surface area contributed by atoms with Crippen molar-refractivity contribution >= 4 is 67.9 Å². The van der Waals surface area contributed by atoms with E-state index < -0.39 is 10.8 Å². The average Bonchev–Trinajstić information content (AvgIpc) is 4.22. The number of thiophene rings is 1. The molecule has 3 heterocycles. The molecule has 71 heavy (non-hydrogen) atoms. The van der Waals surface area contributed by atoms with E-state index >= 15 is 0 Å². The first kappa shape index (κ1) is 38.4. The maximum absolute atomic E-state index is 2.68. The predicted octanol–water partition coefficient (Wildman–Crippen LogP) is 14.8. The van der Waals surface area contributed by atoms with E-state index in [1.807, 2.05) is 0 Å². The number of para-hydroxylation sites is 1. The number of hydrogen-bond donors (Lipinski definition) is 0. The second-order valence-electron chi connectivity index (χ2n) is 20.2. The quantitative estimate of drug-likeness (QED) is 0.159. The Morgan fingerprint density at radius 3 is 1.38 bits per heavy atom. The van der Waals surface area contributed by atoms with Crippen LogP contribution in [-0.2, 0) is 10.8 Å². The van der Waals surface area contributed by atoms with Crippen molar-refractivity contribution in [1.29, 1.82) is 0 Å². The molecule has 4 aliphatic carbocycles. The molecule has 10 aromatic carbocycles. The minimum absolute atomic E-state index is 0.0579. The van der Waals surface area contributed by atoms with Gasteiger partial charge in [0.25, 0.3) is 6.71 Å². The molecule has 0 saturated carbocycles. The van der Waals surface area contributed by atoms with E-state index in [1.54, 1.807) is 0 Å². The predicted molar refractivity (Wildman–Crippen MR) is 296 cm³/mol. The minimum Gasteiger partial charge on any atom is -0.311 e. The van der Waals surface area contributed by atoms with Crippen LogP contribution in [-0.4, -0.2) is 6.71 Å². The van der Waals surface area contributed by atoms with Crippen LogP contribution in [0.2, 0.25) is 0 Å². The summed E-state index contributed by atoms with van der Waals surface area (Å²) in [5.41, 5.74) is 30.6. The second-order valence-corrected chi connectivity index (χ2v) is 21.3. The van der Waals surface area contributed by atoms with Crippen molar-refractivity contribution in [2.45, 2.75) is 17.8 Å². The molecule has 4 heteroatoms. The molecule has 328 valence electrons. The molecule has 2 spiro atoms. The topological polar surface area (TPSA) is 6.48 Å². The first-order valence-electron chi connectivity index (χ1n) is 25.0. The van der Waals surface area contributed by atoms with Gasteiger partial charge in [0.1, 0.15) is 0 Å². The zero-order chi connectivity index (χ0) is 46.3. The molecule has 11 aromatic rings. The fourth-order valence-electron chi connectivity index (χ4n) is 14.6. The summed E-state index contributed by atoms with van der Waals surface area (Å²) in [6.45, 7) is 2.14. The Labute approximate surface area is 417 Å². The number of aryl methyl sites for hydroxylation is 1. The largest absolute Gasteiger partial charge is 0.311 e. The van der Waals surface area contributed by atoms with Gasteiger partial charge in [0, 0.05) is 43.7 Å². The third kappa shape index (κ3) is 4.45. The molecule has 0 saturated heterocycles. The molecule has 17 rings (SSSR count). The molecule has 0 fully saturated rings. The van der Waals surface area contributed by atoms with Crippen LogP contribution in [0.4, 0.5) is 34.1 Å². The molecule has 0 radical (unpaired) electrons. The Bertz CT molecular complexity index is 4070. The number of fused-ring (bicyclic) bond motifs is 25. The van der Waals surface area contributed by atoms with Crippen molar-refractivity contribution < 1.29 is 0 Å². The minimum atomic E-state index is -0.478. The highest BCUT2D eigenvalue weighted by molar-refractivity contribution is 7.30. The fraction of sp³-hybridized carbons (Fsp3) is 0.0448. The van der Waals surface area contributed by atoms with Gasteiger partial charge in [-0.15, -0.1) is 11.3 Å². The Balaban J connectivity index is 1.03. The summed E-state index contributed by atoms with van der Waals surface area (Å²) in [6.07, 6.45) is 0. The van der Waals surface area contributed by atoms with E-state index in [2.05, 4.69) is 259 Å².